The Labute approximate surface area is 121 Å². The Kier molecular flexibility index (Phi) is 4.02. The van der Waals surface area contributed by atoms with Crippen molar-refractivity contribution in [3.05, 3.63) is 42.1 Å². The van der Waals surface area contributed by atoms with Crippen molar-refractivity contribution in [3.8, 4) is 0 Å². The molecule has 1 fully saturated rings. The first-order valence-corrected chi connectivity index (χ1v) is 7.86. The van der Waals surface area contributed by atoms with Gasteiger partial charge in [-0.3, -0.25) is 4.98 Å². The molecule has 2 nitrogen and oxygen atoms in total. The van der Waals surface area contributed by atoms with E-state index in [0.29, 0.717) is 6.04 Å². The molecule has 2 aromatic rings. The number of pyridine rings is 1. The molecule has 3 atom stereocenters. The summed E-state index contributed by atoms with van der Waals surface area (Å²) in [6.45, 7) is 5.60. The van der Waals surface area contributed by atoms with Gasteiger partial charge in [0.05, 0.1) is 5.52 Å². The molecule has 0 amide bonds. The molecular formula is C18H24N2. The van der Waals surface area contributed by atoms with E-state index in [1.54, 1.807) is 0 Å². The fourth-order valence-corrected chi connectivity index (χ4v) is 3.61. The first-order chi connectivity index (χ1) is 9.78. The first kappa shape index (κ1) is 13.6. The topological polar surface area (TPSA) is 24.9 Å². The fourth-order valence-electron chi connectivity index (χ4n) is 3.61. The highest BCUT2D eigenvalue weighted by molar-refractivity contribution is 5.79. The molecule has 0 spiro atoms. The third-order valence-electron chi connectivity index (χ3n) is 4.62. The number of fused-ring (bicyclic) bond motifs is 1. The van der Waals surface area contributed by atoms with Crippen molar-refractivity contribution in [1.82, 2.24) is 10.3 Å². The number of rotatable bonds is 4. The van der Waals surface area contributed by atoms with Gasteiger partial charge in [0.25, 0.3) is 0 Å². The van der Waals surface area contributed by atoms with E-state index in [-0.39, 0.29) is 0 Å². The normalized spacial score (nSPS) is 24.1. The van der Waals surface area contributed by atoms with Gasteiger partial charge in [0.15, 0.2) is 0 Å². The van der Waals surface area contributed by atoms with Crippen LogP contribution in [0.4, 0.5) is 0 Å². The summed E-state index contributed by atoms with van der Waals surface area (Å²) in [5.41, 5.74) is 2.51. The molecule has 1 heterocycles. The van der Waals surface area contributed by atoms with Crippen molar-refractivity contribution in [2.24, 2.45) is 11.8 Å². The van der Waals surface area contributed by atoms with Gasteiger partial charge in [0.1, 0.15) is 0 Å². The van der Waals surface area contributed by atoms with Crippen molar-refractivity contribution in [2.45, 2.75) is 39.2 Å². The summed E-state index contributed by atoms with van der Waals surface area (Å²) in [4.78, 5) is 4.50. The molecule has 3 rings (SSSR count). The molecule has 2 heteroatoms. The second-order valence-electron chi connectivity index (χ2n) is 6.17. The van der Waals surface area contributed by atoms with E-state index < -0.39 is 0 Å². The first-order valence-electron chi connectivity index (χ1n) is 7.86. The molecule has 1 saturated carbocycles. The molecule has 106 valence electrons. The number of hydrogen-bond acceptors (Lipinski definition) is 2. The lowest BCUT2D eigenvalue weighted by Crippen LogP contribution is -2.27. The average molecular weight is 268 g/mol. The Morgan fingerprint density at radius 2 is 2.20 bits per heavy atom. The van der Waals surface area contributed by atoms with Crippen LogP contribution in [-0.2, 0) is 0 Å². The van der Waals surface area contributed by atoms with Crippen LogP contribution in [0.3, 0.4) is 0 Å². The summed E-state index contributed by atoms with van der Waals surface area (Å²) >= 11 is 0. The fraction of sp³-hybridized carbons (Fsp3) is 0.500. The maximum atomic E-state index is 4.50. The van der Waals surface area contributed by atoms with Crippen LogP contribution in [0.15, 0.2) is 36.5 Å². The Bertz CT molecular complexity index is 578. The summed E-state index contributed by atoms with van der Waals surface area (Å²) < 4.78 is 0. The maximum absolute atomic E-state index is 4.50. The zero-order valence-corrected chi connectivity index (χ0v) is 12.5. The highest BCUT2D eigenvalue weighted by atomic mass is 14.9. The minimum atomic E-state index is 0.483. The third-order valence-corrected chi connectivity index (χ3v) is 4.62. The van der Waals surface area contributed by atoms with Crippen LogP contribution in [0.1, 0.15) is 44.7 Å². The molecule has 0 radical (unpaired) electrons. The molecule has 20 heavy (non-hydrogen) atoms. The lowest BCUT2D eigenvalue weighted by molar-refractivity contribution is 0.365. The molecular weight excluding hydrogens is 244 g/mol. The summed E-state index contributed by atoms with van der Waals surface area (Å²) in [5.74, 6) is 1.64. The molecule has 0 aliphatic heterocycles. The van der Waals surface area contributed by atoms with Crippen LogP contribution in [0.25, 0.3) is 10.9 Å². The maximum Gasteiger partial charge on any atom is 0.0705 e. The molecule has 0 bridgehead atoms. The van der Waals surface area contributed by atoms with Gasteiger partial charge in [-0.15, -0.1) is 0 Å². The zero-order valence-electron chi connectivity index (χ0n) is 12.5. The lowest BCUT2D eigenvalue weighted by atomic mass is 9.90. The van der Waals surface area contributed by atoms with Gasteiger partial charge in [-0.1, -0.05) is 38.5 Å². The van der Waals surface area contributed by atoms with Crippen LogP contribution in [0.2, 0.25) is 0 Å². The van der Waals surface area contributed by atoms with Gasteiger partial charge >= 0.3 is 0 Å². The predicted octanol–water partition coefficient (Wildman–Crippen LogP) is 4.32. The minimum Gasteiger partial charge on any atom is -0.310 e. The van der Waals surface area contributed by atoms with Crippen LogP contribution < -0.4 is 5.32 Å². The Balaban J connectivity index is 1.92. The third kappa shape index (κ3) is 2.71. The summed E-state index contributed by atoms with van der Waals surface area (Å²) in [6, 6.07) is 11.4. The minimum absolute atomic E-state index is 0.483. The van der Waals surface area contributed by atoms with Crippen molar-refractivity contribution < 1.29 is 0 Å². The van der Waals surface area contributed by atoms with Crippen molar-refractivity contribution >= 4 is 10.9 Å². The number of hydrogen-bond donors (Lipinski definition) is 1. The number of nitrogens with one attached hydrogen (secondary N) is 1. The van der Waals surface area contributed by atoms with Crippen LogP contribution >= 0.6 is 0 Å². The highest BCUT2D eigenvalue weighted by Crippen LogP contribution is 2.39. The Hall–Kier alpha value is -1.41. The van der Waals surface area contributed by atoms with E-state index in [1.807, 2.05) is 12.3 Å². The molecule has 3 unspecified atom stereocenters. The standard InChI is InChI=1S/C18H24N2/c1-3-19-18(15-7-6-13(2)11-15)16-9-8-14-5-4-10-20-17(14)12-16/h4-5,8-10,12-13,15,18-19H,3,6-7,11H2,1-2H3. The molecule has 1 aliphatic rings. The van der Waals surface area contributed by atoms with Gasteiger partial charge in [0.2, 0.25) is 0 Å². The molecule has 0 saturated heterocycles. The second kappa shape index (κ2) is 5.92. The Morgan fingerprint density at radius 3 is 2.95 bits per heavy atom. The molecule has 1 N–H and O–H groups in total. The average Bonchev–Trinajstić information content (AvgIpc) is 2.90. The van der Waals surface area contributed by atoms with Gasteiger partial charge < -0.3 is 5.32 Å². The summed E-state index contributed by atoms with van der Waals surface area (Å²) in [6.07, 6.45) is 5.95. The zero-order chi connectivity index (χ0) is 13.9. The smallest absolute Gasteiger partial charge is 0.0705 e. The van der Waals surface area contributed by atoms with E-state index in [4.69, 9.17) is 0 Å². The predicted molar refractivity (Wildman–Crippen MR) is 84.7 cm³/mol. The van der Waals surface area contributed by atoms with Crippen LogP contribution in [-0.4, -0.2) is 11.5 Å². The lowest BCUT2D eigenvalue weighted by Gasteiger charge is -2.25. The van der Waals surface area contributed by atoms with Gasteiger partial charge in [-0.05, 0) is 48.9 Å². The van der Waals surface area contributed by atoms with E-state index >= 15 is 0 Å². The molecule has 1 aliphatic carbocycles. The number of benzene rings is 1. The second-order valence-corrected chi connectivity index (χ2v) is 6.17. The van der Waals surface area contributed by atoms with Crippen molar-refractivity contribution in [1.29, 1.82) is 0 Å². The SMILES string of the molecule is CCNC(c1ccc2cccnc2c1)C1CCC(C)C1. The van der Waals surface area contributed by atoms with Gasteiger partial charge in [0, 0.05) is 17.6 Å². The Morgan fingerprint density at radius 1 is 1.30 bits per heavy atom. The molecule has 1 aromatic carbocycles. The number of aromatic nitrogens is 1. The van der Waals surface area contributed by atoms with E-state index in [0.717, 1.165) is 23.9 Å². The van der Waals surface area contributed by atoms with Crippen molar-refractivity contribution in [3.63, 3.8) is 0 Å². The van der Waals surface area contributed by atoms with E-state index in [1.165, 1.54) is 30.2 Å². The van der Waals surface area contributed by atoms with Crippen molar-refractivity contribution in [2.75, 3.05) is 6.54 Å². The van der Waals surface area contributed by atoms with E-state index in [2.05, 4.69) is 48.4 Å². The van der Waals surface area contributed by atoms with Gasteiger partial charge in [-0.25, -0.2) is 0 Å². The monoisotopic (exact) mass is 268 g/mol. The highest BCUT2D eigenvalue weighted by Gasteiger charge is 2.29. The van der Waals surface area contributed by atoms with Crippen LogP contribution in [0, 0.1) is 11.8 Å². The largest absolute Gasteiger partial charge is 0.310 e. The summed E-state index contributed by atoms with van der Waals surface area (Å²) in [5, 5.41) is 4.93. The quantitative estimate of drug-likeness (QED) is 0.893. The van der Waals surface area contributed by atoms with E-state index in [9.17, 15) is 0 Å². The van der Waals surface area contributed by atoms with Gasteiger partial charge in [-0.2, -0.15) is 0 Å². The number of nitrogens with zero attached hydrogens (tertiary/aromatic N) is 1. The molecule has 1 aromatic heterocycles. The van der Waals surface area contributed by atoms with Crippen LogP contribution in [0.5, 0.6) is 0 Å². The summed E-state index contributed by atoms with van der Waals surface area (Å²) in [7, 11) is 0.